The van der Waals surface area contributed by atoms with Gasteiger partial charge in [0.15, 0.2) is 5.69 Å². The fourth-order valence-corrected chi connectivity index (χ4v) is 4.11. The number of hydrogen-bond acceptors (Lipinski definition) is 6. The Morgan fingerprint density at radius 1 is 1.25 bits per heavy atom. The zero-order valence-electron chi connectivity index (χ0n) is 12.8. The van der Waals surface area contributed by atoms with E-state index in [1.165, 1.54) is 16.0 Å². The number of aryl methyl sites for hydroxylation is 1. The maximum absolute atomic E-state index is 12.2. The van der Waals surface area contributed by atoms with Crippen molar-refractivity contribution in [2.24, 2.45) is 7.05 Å². The normalized spacial score (nSPS) is 11.0. The number of esters is 1. The average molecular weight is 355 g/mol. The highest BCUT2D eigenvalue weighted by molar-refractivity contribution is 7.17. The highest BCUT2D eigenvalue weighted by Crippen LogP contribution is 2.27. The van der Waals surface area contributed by atoms with Crippen molar-refractivity contribution in [2.75, 3.05) is 0 Å². The van der Waals surface area contributed by atoms with Gasteiger partial charge in [0.05, 0.1) is 6.20 Å². The smallest absolute Gasteiger partial charge is 0.358 e. The largest absolute Gasteiger partial charge is 0.456 e. The molecule has 0 aliphatic heterocycles. The van der Waals surface area contributed by atoms with E-state index in [1.807, 2.05) is 36.8 Å². The van der Waals surface area contributed by atoms with E-state index in [-0.39, 0.29) is 6.61 Å². The summed E-state index contributed by atoms with van der Waals surface area (Å²) < 4.78 is 8.32. The van der Waals surface area contributed by atoms with E-state index in [4.69, 9.17) is 4.74 Å². The fraction of sp³-hybridized carbons (Fsp3) is 0.118. The van der Waals surface area contributed by atoms with Crippen LogP contribution < -0.4 is 0 Å². The van der Waals surface area contributed by atoms with Gasteiger partial charge in [0, 0.05) is 34.5 Å². The van der Waals surface area contributed by atoms with Gasteiger partial charge in [-0.15, -0.1) is 22.7 Å². The Kier molecular flexibility index (Phi) is 3.87. The molecule has 0 aliphatic rings. The number of fused-ring (bicyclic) bond motifs is 1. The van der Waals surface area contributed by atoms with Crippen LogP contribution in [0, 0.1) is 0 Å². The van der Waals surface area contributed by atoms with Gasteiger partial charge in [0.25, 0.3) is 0 Å². The SMILES string of the molecule is Cn1cc(-c2nc(C(=O)OCc3csc4ccccc34)cs2)cn1. The summed E-state index contributed by atoms with van der Waals surface area (Å²) in [5, 5.41) is 9.75. The second-order valence-electron chi connectivity index (χ2n) is 5.27. The molecule has 3 heterocycles. The highest BCUT2D eigenvalue weighted by atomic mass is 32.1. The third kappa shape index (κ3) is 2.83. The van der Waals surface area contributed by atoms with Crippen LogP contribution in [0.1, 0.15) is 16.1 Å². The average Bonchev–Trinajstić information content (AvgIpc) is 3.31. The van der Waals surface area contributed by atoms with Crippen molar-refractivity contribution < 1.29 is 9.53 Å². The van der Waals surface area contributed by atoms with Crippen LogP contribution in [-0.2, 0) is 18.4 Å². The molecular weight excluding hydrogens is 342 g/mol. The number of ether oxygens (including phenoxy) is 1. The number of thiazole rings is 1. The van der Waals surface area contributed by atoms with Crippen molar-refractivity contribution in [3.8, 4) is 10.6 Å². The van der Waals surface area contributed by atoms with Gasteiger partial charge in [-0.25, -0.2) is 9.78 Å². The summed E-state index contributed by atoms with van der Waals surface area (Å²) in [5.41, 5.74) is 2.25. The van der Waals surface area contributed by atoms with E-state index in [9.17, 15) is 4.79 Å². The predicted octanol–water partition coefficient (Wildman–Crippen LogP) is 4.12. The Hall–Kier alpha value is -2.51. The second kappa shape index (κ2) is 6.18. The molecule has 0 spiro atoms. The van der Waals surface area contributed by atoms with Crippen molar-refractivity contribution >= 4 is 38.7 Å². The van der Waals surface area contributed by atoms with Crippen LogP contribution in [0.25, 0.3) is 20.7 Å². The molecule has 0 fully saturated rings. The number of benzene rings is 1. The summed E-state index contributed by atoms with van der Waals surface area (Å²) in [6, 6.07) is 8.09. The number of thiophene rings is 1. The molecule has 0 amide bonds. The predicted molar refractivity (Wildman–Crippen MR) is 95.3 cm³/mol. The molecular formula is C17H13N3O2S2. The Morgan fingerprint density at radius 2 is 2.12 bits per heavy atom. The third-order valence-corrected chi connectivity index (χ3v) is 5.49. The van der Waals surface area contributed by atoms with Crippen LogP contribution in [0.5, 0.6) is 0 Å². The lowest BCUT2D eigenvalue weighted by molar-refractivity contribution is 0.0469. The number of hydrogen-bond donors (Lipinski definition) is 0. The molecule has 0 unspecified atom stereocenters. The molecule has 0 saturated carbocycles. The first-order valence-electron chi connectivity index (χ1n) is 7.27. The Labute approximate surface area is 146 Å². The quantitative estimate of drug-likeness (QED) is 0.517. The van der Waals surface area contributed by atoms with Crippen LogP contribution in [0.4, 0.5) is 0 Å². The van der Waals surface area contributed by atoms with Crippen LogP contribution in [0.15, 0.2) is 47.4 Å². The van der Waals surface area contributed by atoms with E-state index >= 15 is 0 Å². The maximum atomic E-state index is 12.2. The number of nitrogens with zero attached hydrogens (tertiary/aromatic N) is 3. The second-order valence-corrected chi connectivity index (χ2v) is 7.04. The van der Waals surface area contributed by atoms with E-state index in [0.29, 0.717) is 5.69 Å². The van der Waals surface area contributed by atoms with Gasteiger partial charge in [-0.05, 0) is 16.8 Å². The van der Waals surface area contributed by atoms with E-state index in [0.717, 1.165) is 21.5 Å². The van der Waals surface area contributed by atoms with Gasteiger partial charge in [-0.1, -0.05) is 18.2 Å². The first-order chi connectivity index (χ1) is 11.7. The zero-order chi connectivity index (χ0) is 16.5. The van der Waals surface area contributed by atoms with Crippen LogP contribution >= 0.6 is 22.7 Å². The lowest BCUT2D eigenvalue weighted by atomic mass is 10.2. The molecule has 7 heteroatoms. The zero-order valence-corrected chi connectivity index (χ0v) is 14.4. The molecule has 0 N–H and O–H groups in total. The van der Waals surface area contributed by atoms with Crippen LogP contribution in [0.3, 0.4) is 0 Å². The van der Waals surface area contributed by atoms with Gasteiger partial charge in [-0.2, -0.15) is 5.10 Å². The Bertz CT molecular complexity index is 1020. The minimum atomic E-state index is -0.406. The Morgan fingerprint density at radius 3 is 2.96 bits per heavy atom. The molecule has 0 radical (unpaired) electrons. The molecule has 0 atom stereocenters. The molecule has 0 bridgehead atoms. The van der Waals surface area contributed by atoms with Gasteiger partial charge < -0.3 is 4.74 Å². The minimum Gasteiger partial charge on any atom is -0.456 e. The molecule has 120 valence electrons. The summed E-state index contributed by atoms with van der Waals surface area (Å²) in [5.74, 6) is -0.406. The van der Waals surface area contributed by atoms with Crippen molar-refractivity contribution in [1.82, 2.24) is 14.8 Å². The van der Waals surface area contributed by atoms with Gasteiger partial charge in [0.2, 0.25) is 0 Å². The van der Waals surface area contributed by atoms with Crippen molar-refractivity contribution in [3.63, 3.8) is 0 Å². The number of carbonyl (C=O) groups excluding carboxylic acids is 1. The topological polar surface area (TPSA) is 57.0 Å². The van der Waals surface area contributed by atoms with Crippen molar-refractivity contribution in [2.45, 2.75) is 6.61 Å². The van der Waals surface area contributed by atoms with Crippen molar-refractivity contribution in [3.05, 3.63) is 58.7 Å². The summed E-state index contributed by atoms with van der Waals surface area (Å²) in [6.45, 7) is 0.253. The fourth-order valence-electron chi connectivity index (χ4n) is 2.39. The number of rotatable bonds is 4. The minimum absolute atomic E-state index is 0.253. The molecule has 4 rings (SSSR count). The summed E-state index contributed by atoms with van der Waals surface area (Å²) >= 11 is 3.06. The highest BCUT2D eigenvalue weighted by Gasteiger charge is 2.15. The first kappa shape index (κ1) is 15.0. The van der Waals surface area contributed by atoms with E-state index in [2.05, 4.69) is 16.1 Å². The third-order valence-electron chi connectivity index (χ3n) is 3.59. The molecule has 1 aromatic carbocycles. The number of aromatic nitrogens is 3. The number of carbonyl (C=O) groups is 1. The van der Waals surface area contributed by atoms with Crippen LogP contribution in [0.2, 0.25) is 0 Å². The molecule has 24 heavy (non-hydrogen) atoms. The van der Waals surface area contributed by atoms with E-state index < -0.39 is 5.97 Å². The summed E-state index contributed by atoms with van der Waals surface area (Å²) in [6.07, 6.45) is 3.59. The van der Waals surface area contributed by atoms with Gasteiger partial charge in [0.1, 0.15) is 11.6 Å². The van der Waals surface area contributed by atoms with Crippen molar-refractivity contribution in [1.29, 1.82) is 0 Å². The standard InChI is InChI=1S/C17H13N3O2S2/c1-20-7-11(6-18-20)16-19-14(10-24-16)17(21)22-8-12-9-23-15-5-3-2-4-13(12)15/h2-7,9-10H,8H2,1H3. The van der Waals surface area contributed by atoms with Crippen LogP contribution in [-0.4, -0.2) is 20.7 Å². The molecule has 3 aromatic heterocycles. The molecule has 4 aromatic rings. The lowest BCUT2D eigenvalue weighted by Crippen LogP contribution is -2.05. The van der Waals surface area contributed by atoms with E-state index in [1.54, 1.807) is 27.6 Å². The molecule has 5 nitrogen and oxygen atoms in total. The van der Waals surface area contributed by atoms with Gasteiger partial charge in [-0.3, -0.25) is 4.68 Å². The molecule has 0 saturated heterocycles. The Balaban J connectivity index is 1.48. The molecule has 0 aliphatic carbocycles. The maximum Gasteiger partial charge on any atom is 0.358 e. The van der Waals surface area contributed by atoms with Gasteiger partial charge >= 0.3 is 5.97 Å². The summed E-state index contributed by atoms with van der Waals surface area (Å²) in [7, 11) is 1.84. The lowest BCUT2D eigenvalue weighted by Gasteiger charge is -2.02. The monoisotopic (exact) mass is 355 g/mol. The first-order valence-corrected chi connectivity index (χ1v) is 9.03. The summed E-state index contributed by atoms with van der Waals surface area (Å²) in [4.78, 5) is 16.6.